The minimum atomic E-state index is -0.612. The number of aromatic amines is 1. The Hall–Kier alpha value is -3.89. The Labute approximate surface area is 200 Å². The number of rotatable bonds is 7. The summed E-state index contributed by atoms with van der Waals surface area (Å²) in [5.74, 6) is -0.544. The van der Waals surface area contributed by atoms with Crippen LogP contribution in [0.3, 0.4) is 0 Å². The highest BCUT2D eigenvalue weighted by molar-refractivity contribution is 5.86. The molecule has 2 fully saturated rings. The minimum Gasteiger partial charge on any atom is -0.366 e. The molecule has 10 nitrogen and oxygen atoms in total. The largest absolute Gasteiger partial charge is 0.366 e. The van der Waals surface area contributed by atoms with Crippen molar-refractivity contribution in [2.75, 3.05) is 31.1 Å². The van der Waals surface area contributed by atoms with Crippen LogP contribution in [0.4, 0.5) is 10.1 Å². The summed E-state index contributed by atoms with van der Waals surface area (Å²) in [6, 6.07) is 4.63. The average Bonchev–Trinajstić information content (AvgIpc) is 3.25. The predicted octanol–water partition coefficient (Wildman–Crippen LogP) is 1.74. The molecule has 1 saturated carbocycles. The van der Waals surface area contributed by atoms with Gasteiger partial charge in [-0.05, 0) is 30.5 Å². The second-order valence-electron chi connectivity index (χ2n) is 9.21. The highest BCUT2D eigenvalue weighted by Gasteiger charge is 2.52. The van der Waals surface area contributed by atoms with Gasteiger partial charge in [-0.2, -0.15) is 4.74 Å². The Balaban J connectivity index is 1.23. The molecule has 0 unspecified atom stereocenters. The van der Waals surface area contributed by atoms with E-state index >= 15 is 4.39 Å². The van der Waals surface area contributed by atoms with E-state index < -0.39 is 11.4 Å². The van der Waals surface area contributed by atoms with E-state index in [-0.39, 0.29) is 29.5 Å². The molecule has 3 aromatic rings. The molecule has 184 valence electrons. The van der Waals surface area contributed by atoms with Crippen LogP contribution in [0.5, 0.6) is 0 Å². The van der Waals surface area contributed by atoms with Crippen LogP contribution < -0.4 is 15.8 Å². The molecule has 0 atom stereocenters. The molecule has 0 spiro atoms. The van der Waals surface area contributed by atoms with Crippen molar-refractivity contribution in [2.45, 2.75) is 32.9 Å². The average molecular weight is 483 g/mol. The number of amides is 2. The topological polar surface area (TPSA) is 116 Å². The number of nitrogens with zero attached hydrogens (tertiary/aromatic N) is 4. The fraction of sp³-hybridized carbons (Fsp3) is 0.417. The van der Waals surface area contributed by atoms with Crippen molar-refractivity contribution in [1.82, 2.24) is 24.9 Å². The quantitative estimate of drug-likeness (QED) is 0.530. The molecule has 5 rings (SSSR count). The molecule has 35 heavy (non-hydrogen) atoms. The number of carbonyl (C=O) groups excluding carboxylic acids is 2. The van der Waals surface area contributed by atoms with Crippen LogP contribution in [0.15, 0.2) is 46.2 Å². The van der Waals surface area contributed by atoms with E-state index in [0.717, 1.165) is 18.5 Å². The van der Waals surface area contributed by atoms with Crippen molar-refractivity contribution >= 4 is 17.5 Å². The molecule has 2 aliphatic rings. The first-order valence-corrected chi connectivity index (χ1v) is 11.6. The van der Waals surface area contributed by atoms with Crippen molar-refractivity contribution in [3.8, 4) is 11.1 Å². The fourth-order valence-electron chi connectivity index (χ4n) is 4.62. The van der Waals surface area contributed by atoms with E-state index in [1.54, 1.807) is 24.7 Å². The maximum Gasteiger partial charge on any atom is 0.365 e. The van der Waals surface area contributed by atoms with Gasteiger partial charge in [0.15, 0.2) is 0 Å². The molecule has 1 aliphatic carbocycles. The number of piperazine rings is 1. The third-order valence-corrected chi connectivity index (χ3v) is 6.73. The van der Waals surface area contributed by atoms with E-state index in [0.29, 0.717) is 43.9 Å². The van der Waals surface area contributed by atoms with Crippen LogP contribution in [0.2, 0.25) is 0 Å². The Morgan fingerprint density at radius 2 is 2.00 bits per heavy atom. The molecule has 1 aliphatic heterocycles. The van der Waals surface area contributed by atoms with Gasteiger partial charge in [0.1, 0.15) is 12.5 Å². The monoisotopic (exact) mass is 482 g/mol. The van der Waals surface area contributed by atoms with Gasteiger partial charge in [0, 0.05) is 51.4 Å². The van der Waals surface area contributed by atoms with Gasteiger partial charge in [-0.3, -0.25) is 9.59 Å². The number of imidazole rings is 1. The molecule has 11 heteroatoms. The van der Waals surface area contributed by atoms with Gasteiger partial charge in [0.05, 0.1) is 29.2 Å². The lowest BCUT2D eigenvalue weighted by Gasteiger charge is -2.38. The van der Waals surface area contributed by atoms with Gasteiger partial charge < -0.3 is 24.6 Å². The lowest BCUT2D eigenvalue weighted by molar-refractivity contribution is -0.137. The Morgan fingerprint density at radius 3 is 2.63 bits per heavy atom. The van der Waals surface area contributed by atoms with Crippen LogP contribution in [0, 0.1) is 11.2 Å². The highest BCUT2D eigenvalue weighted by Crippen LogP contribution is 2.49. The number of hydrogen-bond acceptors (Lipinski definition) is 6. The number of hydrogen-bond donors (Lipinski definition) is 2. The van der Waals surface area contributed by atoms with Gasteiger partial charge in [-0.1, -0.05) is 6.07 Å². The standard InChI is InChI=1S/C24H27FN6O4/c1-16(32)28-15-31-13-19(22(33)35-31)17-2-3-21(20(25)10-17)29-6-8-30(9-7-29)23(34)24(4-5-24)11-18-12-26-14-27-18/h2-3,10,12-14H,4-9,11,15H2,1H3,(H,26,27)(H,28,32). The molecular weight excluding hydrogens is 455 g/mol. The fourth-order valence-corrected chi connectivity index (χ4v) is 4.62. The van der Waals surface area contributed by atoms with E-state index in [9.17, 15) is 14.4 Å². The van der Waals surface area contributed by atoms with Gasteiger partial charge in [0.25, 0.3) is 0 Å². The minimum absolute atomic E-state index is 0.0112. The van der Waals surface area contributed by atoms with E-state index in [1.807, 2.05) is 9.80 Å². The summed E-state index contributed by atoms with van der Waals surface area (Å²) >= 11 is 0. The SMILES string of the molecule is CC(=O)NCn1cc(-c2ccc(N3CCN(C(=O)C4(Cc5cnc[nH]5)CC4)CC3)c(F)c2)c(=O)o1. The summed E-state index contributed by atoms with van der Waals surface area (Å²) in [5.41, 5.74) is 1.06. The number of halogens is 1. The van der Waals surface area contributed by atoms with Crippen LogP contribution >= 0.6 is 0 Å². The molecule has 1 aromatic carbocycles. The molecule has 0 radical (unpaired) electrons. The van der Waals surface area contributed by atoms with Gasteiger partial charge in [-0.25, -0.2) is 14.2 Å². The first kappa shape index (κ1) is 22.9. The van der Waals surface area contributed by atoms with Crippen molar-refractivity contribution in [3.63, 3.8) is 0 Å². The highest BCUT2D eigenvalue weighted by atomic mass is 19.1. The lowest BCUT2D eigenvalue weighted by Crippen LogP contribution is -2.51. The van der Waals surface area contributed by atoms with Crippen LogP contribution in [0.1, 0.15) is 25.5 Å². The van der Waals surface area contributed by atoms with E-state index in [2.05, 4.69) is 15.3 Å². The summed E-state index contributed by atoms with van der Waals surface area (Å²) < 4.78 is 21.3. The molecular formula is C24H27FN6O4. The Kier molecular flexibility index (Phi) is 5.91. The Morgan fingerprint density at radius 1 is 1.23 bits per heavy atom. The third kappa shape index (κ3) is 4.71. The zero-order chi connectivity index (χ0) is 24.6. The van der Waals surface area contributed by atoms with Crippen molar-refractivity contribution in [3.05, 3.63) is 58.9 Å². The molecule has 2 amide bonds. The summed E-state index contributed by atoms with van der Waals surface area (Å²) in [4.78, 5) is 47.4. The molecule has 3 heterocycles. The van der Waals surface area contributed by atoms with Gasteiger partial charge in [0.2, 0.25) is 11.8 Å². The van der Waals surface area contributed by atoms with Crippen LogP contribution in [-0.4, -0.2) is 57.6 Å². The van der Waals surface area contributed by atoms with Crippen LogP contribution in [0.25, 0.3) is 11.1 Å². The van der Waals surface area contributed by atoms with E-state index in [1.165, 1.54) is 23.9 Å². The number of carbonyl (C=O) groups is 2. The predicted molar refractivity (Wildman–Crippen MR) is 125 cm³/mol. The van der Waals surface area contributed by atoms with Crippen LogP contribution in [-0.2, 0) is 22.7 Å². The number of nitrogens with one attached hydrogen (secondary N) is 2. The summed E-state index contributed by atoms with van der Waals surface area (Å²) in [7, 11) is 0. The van der Waals surface area contributed by atoms with Crippen molar-refractivity contribution in [1.29, 1.82) is 0 Å². The molecule has 0 bridgehead atoms. The maximum absolute atomic E-state index is 15.1. The normalized spacial score (nSPS) is 16.9. The number of benzene rings is 1. The first-order chi connectivity index (χ1) is 16.8. The summed E-state index contributed by atoms with van der Waals surface area (Å²) in [6.45, 7) is 3.48. The lowest BCUT2D eigenvalue weighted by atomic mass is 9.98. The zero-order valence-corrected chi connectivity index (χ0v) is 19.4. The second kappa shape index (κ2) is 9.05. The summed E-state index contributed by atoms with van der Waals surface area (Å²) in [6.07, 6.45) is 7.25. The number of H-pyrrole nitrogens is 1. The first-order valence-electron chi connectivity index (χ1n) is 11.6. The molecule has 2 aromatic heterocycles. The van der Waals surface area contributed by atoms with Crippen molar-refractivity contribution < 1.29 is 18.5 Å². The third-order valence-electron chi connectivity index (χ3n) is 6.73. The second-order valence-corrected chi connectivity index (χ2v) is 9.21. The van der Waals surface area contributed by atoms with Gasteiger partial charge in [-0.15, -0.1) is 0 Å². The number of aromatic nitrogens is 3. The number of anilines is 1. The maximum atomic E-state index is 15.1. The Bertz CT molecular complexity index is 1290. The van der Waals surface area contributed by atoms with E-state index in [4.69, 9.17) is 4.52 Å². The van der Waals surface area contributed by atoms with Crippen molar-refractivity contribution in [2.24, 2.45) is 5.41 Å². The summed E-state index contributed by atoms with van der Waals surface area (Å²) in [5, 5.41) is 2.53. The molecule has 1 saturated heterocycles. The molecule has 2 N–H and O–H groups in total. The van der Waals surface area contributed by atoms with Gasteiger partial charge >= 0.3 is 5.63 Å². The zero-order valence-electron chi connectivity index (χ0n) is 19.4. The smallest absolute Gasteiger partial charge is 0.365 e.